The number of carboxylic acid groups (broad SMARTS) is 1. The van der Waals surface area contributed by atoms with Gasteiger partial charge in [-0.1, -0.05) is 6.07 Å². The smallest absolute Gasteiger partial charge is 0.303 e. The van der Waals surface area contributed by atoms with Crippen LogP contribution in [0.15, 0.2) is 22.9 Å². The van der Waals surface area contributed by atoms with Gasteiger partial charge < -0.3 is 5.11 Å². The van der Waals surface area contributed by atoms with E-state index in [2.05, 4.69) is 4.98 Å². The summed E-state index contributed by atoms with van der Waals surface area (Å²) < 4.78 is 0. The van der Waals surface area contributed by atoms with Gasteiger partial charge >= 0.3 is 5.97 Å². The lowest BCUT2D eigenvalue weighted by Gasteiger charge is -1.93. The molecule has 1 N–H and O–H groups in total. The molecular weight excluding hydrogens is 242 g/mol. The van der Waals surface area contributed by atoms with Gasteiger partial charge in [-0.05, 0) is 24.3 Å². The second-order valence-electron chi connectivity index (χ2n) is 3.37. The van der Waals surface area contributed by atoms with Crippen LogP contribution in [0.4, 0.5) is 0 Å². The van der Waals surface area contributed by atoms with Crippen LogP contribution in [0.2, 0.25) is 0 Å². The number of rotatable bonds is 5. The van der Waals surface area contributed by atoms with Crippen LogP contribution in [-0.4, -0.2) is 16.1 Å². The first kappa shape index (κ1) is 11.3. The third kappa shape index (κ3) is 2.90. The molecule has 2 aromatic heterocycles. The molecule has 0 fully saturated rings. The number of carbonyl (C=O) groups is 1. The van der Waals surface area contributed by atoms with E-state index in [4.69, 9.17) is 5.11 Å². The summed E-state index contributed by atoms with van der Waals surface area (Å²) in [5, 5.41) is 13.6. The summed E-state index contributed by atoms with van der Waals surface area (Å²) in [6.07, 6.45) is 1.61. The number of aryl methyl sites for hydroxylation is 1. The molecule has 84 valence electrons. The predicted octanol–water partition coefficient (Wildman–Crippen LogP) is 3.28. The van der Waals surface area contributed by atoms with Crippen molar-refractivity contribution in [2.45, 2.75) is 19.3 Å². The highest BCUT2D eigenvalue weighted by Crippen LogP contribution is 2.28. The number of aliphatic carboxylic acids is 1. The molecule has 2 aromatic rings. The lowest BCUT2D eigenvalue weighted by Crippen LogP contribution is -1.95. The third-order valence-corrected chi connectivity index (χ3v) is 4.04. The summed E-state index contributed by atoms with van der Waals surface area (Å²) in [6.45, 7) is 0. The average molecular weight is 253 g/mol. The van der Waals surface area contributed by atoms with E-state index < -0.39 is 5.97 Å². The fourth-order valence-corrected chi connectivity index (χ4v) is 3.02. The second kappa shape index (κ2) is 5.23. The van der Waals surface area contributed by atoms with Crippen molar-refractivity contribution < 1.29 is 9.90 Å². The number of nitrogens with zero attached hydrogens (tertiary/aromatic N) is 1. The summed E-state index contributed by atoms with van der Waals surface area (Å²) in [7, 11) is 0. The van der Waals surface area contributed by atoms with Gasteiger partial charge in [0.05, 0.1) is 10.6 Å². The van der Waals surface area contributed by atoms with Crippen molar-refractivity contribution in [3.8, 4) is 9.88 Å². The minimum absolute atomic E-state index is 0.214. The minimum Gasteiger partial charge on any atom is -0.481 e. The molecule has 0 radical (unpaired) electrons. The number of thiophene rings is 1. The minimum atomic E-state index is -0.742. The Balaban J connectivity index is 1.95. The van der Waals surface area contributed by atoms with Crippen molar-refractivity contribution in [1.82, 2.24) is 4.98 Å². The maximum atomic E-state index is 10.4. The molecule has 2 heterocycles. The van der Waals surface area contributed by atoms with Crippen LogP contribution in [0.25, 0.3) is 9.88 Å². The van der Waals surface area contributed by atoms with E-state index in [9.17, 15) is 4.79 Å². The quantitative estimate of drug-likeness (QED) is 0.889. The molecular formula is C11H11NO2S2. The molecule has 0 atom stereocenters. The van der Waals surface area contributed by atoms with E-state index in [1.54, 1.807) is 22.7 Å². The van der Waals surface area contributed by atoms with Gasteiger partial charge in [0.25, 0.3) is 0 Å². The molecule has 0 spiro atoms. The maximum absolute atomic E-state index is 10.4. The molecule has 0 aliphatic rings. The monoisotopic (exact) mass is 253 g/mol. The van der Waals surface area contributed by atoms with Crippen molar-refractivity contribution in [3.05, 3.63) is 28.6 Å². The number of hydrogen-bond donors (Lipinski definition) is 1. The first-order chi connectivity index (χ1) is 7.75. The van der Waals surface area contributed by atoms with Gasteiger partial charge in [0.1, 0.15) is 5.01 Å². The molecule has 0 unspecified atom stereocenters. The standard InChI is InChI=1S/C11H11NO2S2/c13-10(14)5-1-3-8-7-16-11(12-8)9-4-2-6-15-9/h2,4,6-7H,1,3,5H2,(H,13,14). The Morgan fingerprint density at radius 3 is 3.00 bits per heavy atom. The zero-order chi connectivity index (χ0) is 11.4. The van der Waals surface area contributed by atoms with E-state index in [1.807, 2.05) is 22.9 Å². The highest BCUT2D eigenvalue weighted by atomic mass is 32.1. The summed E-state index contributed by atoms with van der Waals surface area (Å²) in [5.74, 6) is -0.742. The van der Waals surface area contributed by atoms with Crippen LogP contribution >= 0.6 is 22.7 Å². The molecule has 0 bridgehead atoms. The van der Waals surface area contributed by atoms with Crippen molar-refractivity contribution in [2.75, 3.05) is 0 Å². The van der Waals surface area contributed by atoms with Crippen LogP contribution in [0, 0.1) is 0 Å². The molecule has 0 saturated heterocycles. The Labute approximate surface area is 101 Å². The highest BCUT2D eigenvalue weighted by Gasteiger charge is 2.06. The van der Waals surface area contributed by atoms with Gasteiger partial charge in [0, 0.05) is 11.8 Å². The fourth-order valence-electron chi connectivity index (χ4n) is 1.36. The van der Waals surface area contributed by atoms with E-state index >= 15 is 0 Å². The summed E-state index contributed by atoms with van der Waals surface area (Å²) in [6, 6.07) is 4.05. The maximum Gasteiger partial charge on any atom is 0.303 e. The molecule has 0 aliphatic heterocycles. The number of carboxylic acids is 1. The Hall–Kier alpha value is -1.20. The predicted molar refractivity (Wildman–Crippen MR) is 66.0 cm³/mol. The molecule has 0 saturated carbocycles. The van der Waals surface area contributed by atoms with Gasteiger partial charge in [0.15, 0.2) is 0 Å². The summed E-state index contributed by atoms with van der Waals surface area (Å²) in [4.78, 5) is 16.0. The van der Waals surface area contributed by atoms with Crippen LogP contribution in [-0.2, 0) is 11.2 Å². The van der Waals surface area contributed by atoms with E-state index in [-0.39, 0.29) is 6.42 Å². The summed E-state index contributed by atoms with van der Waals surface area (Å²) in [5.41, 5.74) is 0.995. The molecule has 0 aromatic carbocycles. The van der Waals surface area contributed by atoms with Crippen molar-refractivity contribution >= 4 is 28.6 Å². The first-order valence-electron chi connectivity index (χ1n) is 4.96. The van der Waals surface area contributed by atoms with Gasteiger partial charge in [-0.15, -0.1) is 22.7 Å². The molecule has 2 rings (SSSR count). The number of aromatic nitrogens is 1. The summed E-state index contributed by atoms with van der Waals surface area (Å²) >= 11 is 3.29. The Morgan fingerprint density at radius 2 is 2.31 bits per heavy atom. The van der Waals surface area contributed by atoms with E-state index in [0.29, 0.717) is 6.42 Å². The average Bonchev–Trinajstić information content (AvgIpc) is 2.85. The highest BCUT2D eigenvalue weighted by molar-refractivity contribution is 7.20. The largest absolute Gasteiger partial charge is 0.481 e. The normalized spacial score (nSPS) is 10.5. The Kier molecular flexibility index (Phi) is 3.69. The van der Waals surface area contributed by atoms with E-state index in [1.165, 1.54) is 4.88 Å². The molecule has 0 aliphatic carbocycles. The zero-order valence-electron chi connectivity index (χ0n) is 8.55. The number of hydrogen-bond acceptors (Lipinski definition) is 4. The molecule has 0 amide bonds. The van der Waals surface area contributed by atoms with Gasteiger partial charge in [-0.2, -0.15) is 0 Å². The van der Waals surface area contributed by atoms with Gasteiger partial charge in [-0.3, -0.25) is 4.79 Å². The van der Waals surface area contributed by atoms with E-state index in [0.717, 1.165) is 17.1 Å². The SMILES string of the molecule is O=C(O)CCCc1csc(-c2cccs2)n1. The Morgan fingerprint density at radius 1 is 1.44 bits per heavy atom. The van der Waals surface area contributed by atoms with Crippen molar-refractivity contribution in [2.24, 2.45) is 0 Å². The Bertz CT molecular complexity index is 462. The zero-order valence-corrected chi connectivity index (χ0v) is 10.2. The van der Waals surface area contributed by atoms with Crippen LogP contribution in [0.1, 0.15) is 18.5 Å². The third-order valence-electron chi connectivity index (χ3n) is 2.11. The first-order valence-corrected chi connectivity index (χ1v) is 6.72. The van der Waals surface area contributed by atoms with Crippen LogP contribution in [0.5, 0.6) is 0 Å². The molecule has 16 heavy (non-hydrogen) atoms. The fraction of sp³-hybridized carbons (Fsp3) is 0.273. The lowest BCUT2D eigenvalue weighted by atomic mass is 10.2. The van der Waals surface area contributed by atoms with Gasteiger partial charge in [0.2, 0.25) is 0 Å². The number of thiazole rings is 1. The van der Waals surface area contributed by atoms with Crippen LogP contribution < -0.4 is 0 Å². The molecule has 3 nitrogen and oxygen atoms in total. The topological polar surface area (TPSA) is 50.2 Å². The lowest BCUT2D eigenvalue weighted by molar-refractivity contribution is -0.137. The molecule has 5 heteroatoms. The van der Waals surface area contributed by atoms with Crippen molar-refractivity contribution in [3.63, 3.8) is 0 Å². The van der Waals surface area contributed by atoms with Gasteiger partial charge in [-0.25, -0.2) is 4.98 Å². The second-order valence-corrected chi connectivity index (χ2v) is 5.17. The van der Waals surface area contributed by atoms with Crippen LogP contribution in [0.3, 0.4) is 0 Å². The van der Waals surface area contributed by atoms with Crippen molar-refractivity contribution in [1.29, 1.82) is 0 Å².